The molecule has 1 saturated heterocycles. The van der Waals surface area contributed by atoms with Gasteiger partial charge in [0.05, 0.1) is 42.1 Å². The molecule has 3 heterocycles. The minimum atomic E-state index is -4.66. The van der Waals surface area contributed by atoms with Gasteiger partial charge in [0.15, 0.2) is 0 Å². The lowest BCUT2D eigenvalue weighted by atomic mass is 10.0. The number of aliphatic hydroxyl groups is 1. The van der Waals surface area contributed by atoms with E-state index in [9.17, 15) is 23.1 Å². The monoisotopic (exact) mass is 492 g/mol. The first-order valence-electron chi connectivity index (χ1n) is 11.2. The molecule has 4 rings (SSSR count). The molecule has 1 aliphatic rings. The number of carbonyl (C=O) groups is 1. The topological polar surface area (TPSA) is 98.5 Å². The molecule has 35 heavy (non-hydrogen) atoms. The highest BCUT2D eigenvalue weighted by Crippen LogP contribution is 2.33. The molecule has 0 unspecified atom stereocenters. The maximum atomic E-state index is 13.0. The fraction of sp³-hybridized carbons (Fsp3) is 0.458. The van der Waals surface area contributed by atoms with Gasteiger partial charge in [-0.2, -0.15) is 13.2 Å². The van der Waals surface area contributed by atoms with Crippen LogP contribution in [-0.4, -0.2) is 51.0 Å². The first-order chi connectivity index (χ1) is 16.4. The maximum Gasteiger partial charge on any atom is 0.433 e. The SMILES string of the molecule is Cn1c(CCC(C)(C)O)nc2cc(OCC3COC3)c(NC(=O)c3cccc(C(F)(F)F)n3)cc21. The first kappa shape index (κ1) is 24.9. The van der Waals surface area contributed by atoms with Gasteiger partial charge in [-0.1, -0.05) is 6.07 Å². The molecule has 0 radical (unpaired) electrons. The third-order valence-electron chi connectivity index (χ3n) is 5.74. The summed E-state index contributed by atoms with van der Waals surface area (Å²) in [6.45, 7) is 4.95. The van der Waals surface area contributed by atoms with Gasteiger partial charge in [0.2, 0.25) is 0 Å². The number of nitrogens with zero attached hydrogens (tertiary/aromatic N) is 3. The van der Waals surface area contributed by atoms with Crippen LogP contribution >= 0.6 is 0 Å². The Labute approximate surface area is 200 Å². The molecule has 3 aromatic rings. The van der Waals surface area contributed by atoms with E-state index in [4.69, 9.17) is 9.47 Å². The number of amides is 1. The van der Waals surface area contributed by atoms with E-state index in [1.165, 1.54) is 6.07 Å². The number of alkyl halides is 3. The first-order valence-corrected chi connectivity index (χ1v) is 11.2. The summed E-state index contributed by atoms with van der Waals surface area (Å²) in [7, 11) is 1.82. The third-order valence-corrected chi connectivity index (χ3v) is 5.74. The van der Waals surface area contributed by atoms with E-state index in [0.717, 1.165) is 18.0 Å². The van der Waals surface area contributed by atoms with Gasteiger partial charge in [-0.25, -0.2) is 9.97 Å². The molecule has 2 N–H and O–H groups in total. The van der Waals surface area contributed by atoms with Crippen LogP contribution in [0.2, 0.25) is 0 Å². The molecule has 188 valence electrons. The van der Waals surface area contributed by atoms with E-state index in [1.54, 1.807) is 26.0 Å². The fourth-order valence-electron chi connectivity index (χ4n) is 3.62. The van der Waals surface area contributed by atoms with Gasteiger partial charge in [0.1, 0.15) is 23.0 Å². The molecule has 1 aliphatic heterocycles. The summed E-state index contributed by atoms with van der Waals surface area (Å²) >= 11 is 0. The lowest BCUT2D eigenvalue weighted by molar-refractivity contribution is -0.141. The molecule has 1 fully saturated rings. The van der Waals surface area contributed by atoms with Gasteiger partial charge in [-0.3, -0.25) is 4.79 Å². The number of halogens is 3. The van der Waals surface area contributed by atoms with Crippen molar-refractivity contribution in [1.82, 2.24) is 14.5 Å². The highest BCUT2D eigenvalue weighted by Gasteiger charge is 2.33. The minimum Gasteiger partial charge on any atom is -0.491 e. The molecule has 1 aromatic carbocycles. The summed E-state index contributed by atoms with van der Waals surface area (Å²) in [5.74, 6) is 0.502. The molecule has 1 amide bonds. The van der Waals surface area contributed by atoms with Crippen molar-refractivity contribution in [2.24, 2.45) is 13.0 Å². The zero-order valence-corrected chi connectivity index (χ0v) is 19.6. The largest absolute Gasteiger partial charge is 0.491 e. The third kappa shape index (κ3) is 5.91. The van der Waals surface area contributed by atoms with Crippen molar-refractivity contribution in [2.75, 3.05) is 25.1 Å². The van der Waals surface area contributed by atoms with Crippen molar-refractivity contribution < 1.29 is 32.5 Å². The second-order valence-corrected chi connectivity index (χ2v) is 9.31. The molecule has 0 aliphatic carbocycles. The van der Waals surface area contributed by atoms with Crippen LogP contribution in [-0.2, 0) is 24.4 Å². The van der Waals surface area contributed by atoms with Gasteiger partial charge in [-0.15, -0.1) is 0 Å². The summed E-state index contributed by atoms with van der Waals surface area (Å²) in [5, 5.41) is 12.7. The summed E-state index contributed by atoms with van der Waals surface area (Å²) in [6, 6.07) is 6.53. The second-order valence-electron chi connectivity index (χ2n) is 9.31. The van der Waals surface area contributed by atoms with Gasteiger partial charge in [0, 0.05) is 25.5 Å². The van der Waals surface area contributed by atoms with Crippen molar-refractivity contribution in [3.8, 4) is 5.75 Å². The van der Waals surface area contributed by atoms with Crippen molar-refractivity contribution in [1.29, 1.82) is 0 Å². The van der Waals surface area contributed by atoms with Crippen molar-refractivity contribution in [2.45, 2.75) is 38.5 Å². The number of hydrogen-bond acceptors (Lipinski definition) is 6. The van der Waals surface area contributed by atoms with Crippen LogP contribution in [0.3, 0.4) is 0 Å². The summed E-state index contributed by atoms with van der Waals surface area (Å²) in [6.07, 6.45) is -3.64. The standard InChI is InChI=1S/C24H27F3N4O4/c1-23(2,33)8-7-21-29-16-10-19(35-13-14-11-34-12-14)17(9-18(16)31(21)3)30-22(32)15-5-4-6-20(28-15)24(25,26)27/h4-6,9-10,14,33H,7-8,11-13H2,1-3H3,(H,30,32). The number of pyridine rings is 1. The van der Waals surface area contributed by atoms with E-state index in [-0.39, 0.29) is 11.6 Å². The fourth-order valence-corrected chi connectivity index (χ4v) is 3.62. The quantitative estimate of drug-likeness (QED) is 0.494. The average Bonchev–Trinajstić information content (AvgIpc) is 3.05. The van der Waals surface area contributed by atoms with Crippen LogP contribution in [0.4, 0.5) is 18.9 Å². The number of anilines is 1. The zero-order valence-electron chi connectivity index (χ0n) is 19.6. The Morgan fingerprint density at radius 3 is 2.63 bits per heavy atom. The molecule has 0 spiro atoms. The Kier molecular flexibility index (Phi) is 6.74. The predicted molar refractivity (Wildman–Crippen MR) is 122 cm³/mol. The van der Waals surface area contributed by atoms with E-state index in [1.807, 2.05) is 11.6 Å². The van der Waals surface area contributed by atoms with E-state index in [2.05, 4.69) is 15.3 Å². The number of nitrogens with one attached hydrogen (secondary N) is 1. The van der Waals surface area contributed by atoms with Crippen LogP contribution in [0.1, 0.15) is 42.3 Å². The van der Waals surface area contributed by atoms with E-state index < -0.39 is 23.4 Å². The van der Waals surface area contributed by atoms with Crippen molar-refractivity contribution in [3.05, 3.63) is 47.5 Å². The maximum absolute atomic E-state index is 13.0. The molecular weight excluding hydrogens is 465 g/mol. The van der Waals surface area contributed by atoms with Crippen LogP contribution in [0, 0.1) is 5.92 Å². The van der Waals surface area contributed by atoms with Crippen LogP contribution in [0.25, 0.3) is 11.0 Å². The van der Waals surface area contributed by atoms with Crippen LogP contribution in [0.15, 0.2) is 30.3 Å². The van der Waals surface area contributed by atoms with Crippen molar-refractivity contribution in [3.63, 3.8) is 0 Å². The van der Waals surface area contributed by atoms with Gasteiger partial charge in [-0.05, 0) is 38.5 Å². The number of benzene rings is 1. The van der Waals surface area contributed by atoms with Crippen LogP contribution in [0.5, 0.6) is 5.75 Å². The summed E-state index contributed by atoms with van der Waals surface area (Å²) < 4.78 is 52.1. The van der Waals surface area contributed by atoms with Crippen LogP contribution < -0.4 is 10.1 Å². The molecule has 2 aromatic heterocycles. The average molecular weight is 492 g/mol. The Morgan fingerprint density at radius 2 is 2.00 bits per heavy atom. The van der Waals surface area contributed by atoms with Gasteiger partial charge < -0.3 is 24.5 Å². The number of hydrogen-bond donors (Lipinski definition) is 2. The second kappa shape index (κ2) is 9.46. The molecule has 0 bridgehead atoms. The number of imidazole rings is 1. The van der Waals surface area contributed by atoms with Gasteiger partial charge in [0.25, 0.3) is 5.91 Å². The van der Waals surface area contributed by atoms with Crippen molar-refractivity contribution >= 4 is 22.6 Å². The van der Waals surface area contributed by atoms with E-state index in [0.29, 0.717) is 55.1 Å². The molecule has 0 atom stereocenters. The lowest BCUT2D eigenvalue weighted by Crippen LogP contribution is -2.32. The molecule has 0 saturated carbocycles. The Hall–Kier alpha value is -3.18. The number of carbonyl (C=O) groups excluding carboxylic acids is 1. The Morgan fingerprint density at radius 1 is 1.26 bits per heavy atom. The number of aromatic nitrogens is 3. The number of aryl methyl sites for hydroxylation is 2. The van der Waals surface area contributed by atoms with Gasteiger partial charge >= 0.3 is 6.18 Å². The smallest absolute Gasteiger partial charge is 0.433 e. The number of fused-ring (bicyclic) bond motifs is 1. The molecular formula is C24H27F3N4O4. The lowest BCUT2D eigenvalue weighted by Gasteiger charge is -2.26. The molecule has 11 heteroatoms. The highest BCUT2D eigenvalue weighted by molar-refractivity contribution is 6.04. The number of ether oxygens (including phenoxy) is 2. The number of rotatable bonds is 8. The minimum absolute atomic E-state index is 0.213. The highest BCUT2D eigenvalue weighted by atomic mass is 19.4. The zero-order chi connectivity index (χ0) is 25.4. The Bertz CT molecular complexity index is 1230. The molecule has 8 nitrogen and oxygen atoms in total. The predicted octanol–water partition coefficient (Wildman–Crippen LogP) is 3.97. The van der Waals surface area contributed by atoms with E-state index >= 15 is 0 Å². The summed E-state index contributed by atoms with van der Waals surface area (Å²) in [5.41, 5.74) is -0.747. The Balaban J connectivity index is 1.65. The summed E-state index contributed by atoms with van der Waals surface area (Å²) in [4.78, 5) is 20.9. The normalized spacial score (nSPS) is 14.7.